The number of halogens is 4. The predicted molar refractivity (Wildman–Crippen MR) is 66.1 cm³/mol. The van der Waals surface area contributed by atoms with E-state index in [2.05, 4.69) is 0 Å². The Hall–Kier alpha value is -1.34. The maximum Gasteiger partial charge on any atom is 0.401 e. The van der Waals surface area contributed by atoms with Gasteiger partial charge in [-0.2, -0.15) is 13.2 Å². The monoisotopic (exact) mass is 292 g/mol. The summed E-state index contributed by atoms with van der Waals surface area (Å²) in [5.74, 6) is 0.165. The van der Waals surface area contributed by atoms with Crippen LogP contribution >= 0.6 is 0 Å². The van der Waals surface area contributed by atoms with Crippen LogP contribution in [-0.2, 0) is 6.42 Å². The van der Waals surface area contributed by atoms with Gasteiger partial charge in [0.05, 0.1) is 6.54 Å². The lowest BCUT2D eigenvalue weighted by Crippen LogP contribution is -2.43. The molecule has 2 rings (SSSR count). The lowest BCUT2D eigenvalue weighted by molar-refractivity contribution is -0.147. The Bertz CT molecular complexity index is 464. The number of hydrogen-bond donors (Lipinski definition) is 1. The molecule has 0 aromatic heterocycles. The Morgan fingerprint density at radius 2 is 2.10 bits per heavy atom. The Morgan fingerprint density at radius 1 is 1.35 bits per heavy atom. The molecule has 2 N–H and O–H groups in total. The molecule has 1 aromatic carbocycles. The molecular weight excluding hydrogens is 276 g/mol. The molecule has 112 valence electrons. The van der Waals surface area contributed by atoms with Gasteiger partial charge in [0.15, 0.2) is 0 Å². The van der Waals surface area contributed by atoms with E-state index in [-0.39, 0.29) is 25.5 Å². The molecule has 0 fully saturated rings. The van der Waals surface area contributed by atoms with E-state index in [9.17, 15) is 17.6 Å². The van der Waals surface area contributed by atoms with E-state index in [1.165, 1.54) is 23.1 Å². The van der Waals surface area contributed by atoms with Gasteiger partial charge in [0.25, 0.3) is 0 Å². The molecule has 0 saturated carbocycles. The molecule has 0 bridgehead atoms. The average Bonchev–Trinajstić information content (AvgIpc) is 2.68. The van der Waals surface area contributed by atoms with Gasteiger partial charge in [0.2, 0.25) is 0 Å². The van der Waals surface area contributed by atoms with Crippen LogP contribution in [0.3, 0.4) is 0 Å². The number of fused-ring (bicyclic) bond motifs is 1. The Labute approximate surface area is 114 Å². The quantitative estimate of drug-likeness (QED) is 0.843. The second kappa shape index (κ2) is 5.97. The molecule has 1 atom stereocenters. The van der Waals surface area contributed by atoms with Gasteiger partial charge in [0.1, 0.15) is 17.7 Å². The fourth-order valence-electron chi connectivity index (χ4n) is 2.35. The van der Waals surface area contributed by atoms with Gasteiger partial charge in [-0.3, -0.25) is 4.90 Å². The summed E-state index contributed by atoms with van der Waals surface area (Å²) >= 11 is 0. The second-order valence-electron chi connectivity index (χ2n) is 4.83. The number of ether oxygens (including phenoxy) is 1. The summed E-state index contributed by atoms with van der Waals surface area (Å²) in [6.45, 7) is -0.615. The Morgan fingerprint density at radius 3 is 2.75 bits per heavy atom. The predicted octanol–water partition coefficient (Wildman–Crippen LogP) is 1.95. The highest BCUT2D eigenvalue weighted by Gasteiger charge is 2.33. The molecule has 1 aliphatic heterocycles. The van der Waals surface area contributed by atoms with E-state index < -0.39 is 18.8 Å². The minimum Gasteiger partial charge on any atom is -0.488 e. The normalized spacial score (nSPS) is 18.2. The minimum absolute atomic E-state index is 0.118. The minimum atomic E-state index is -4.27. The van der Waals surface area contributed by atoms with Gasteiger partial charge in [-0.05, 0) is 18.2 Å². The first kappa shape index (κ1) is 15.1. The highest BCUT2D eigenvalue weighted by Crippen LogP contribution is 2.30. The van der Waals surface area contributed by atoms with E-state index in [0.717, 1.165) is 0 Å². The van der Waals surface area contributed by atoms with Crippen LogP contribution in [0, 0.1) is 5.82 Å². The van der Waals surface area contributed by atoms with Gasteiger partial charge in [0, 0.05) is 31.6 Å². The topological polar surface area (TPSA) is 38.5 Å². The van der Waals surface area contributed by atoms with Crippen molar-refractivity contribution in [2.75, 3.05) is 26.2 Å². The zero-order valence-electron chi connectivity index (χ0n) is 10.8. The molecule has 0 amide bonds. The van der Waals surface area contributed by atoms with Crippen LogP contribution in [-0.4, -0.2) is 43.4 Å². The van der Waals surface area contributed by atoms with Crippen molar-refractivity contribution in [2.24, 2.45) is 5.73 Å². The lowest BCUT2D eigenvalue weighted by atomic mass is 10.1. The molecule has 1 heterocycles. The molecule has 3 nitrogen and oxygen atoms in total. The van der Waals surface area contributed by atoms with Gasteiger partial charge >= 0.3 is 6.18 Å². The smallest absolute Gasteiger partial charge is 0.401 e. The number of hydrogen-bond acceptors (Lipinski definition) is 3. The maximum atomic E-state index is 13.1. The third-order valence-corrected chi connectivity index (χ3v) is 3.07. The summed E-state index contributed by atoms with van der Waals surface area (Å²) < 4.78 is 55.9. The molecule has 1 aromatic rings. The maximum absolute atomic E-state index is 13.1. The van der Waals surface area contributed by atoms with E-state index >= 15 is 0 Å². The molecule has 0 radical (unpaired) electrons. The molecular formula is C13H16F4N2O. The van der Waals surface area contributed by atoms with Crippen molar-refractivity contribution in [3.05, 3.63) is 29.6 Å². The van der Waals surface area contributed by atoms with Gasteiger partial charge in [-0.15, -0.1) is 0 Å². The first-order valence-electron chi connectivity index (χ1n) is 6.31. The van der Waals surface area contributed by atoms with Gasteiger partial charge < -0.3 is 10.5 Å². The summed E-state index contributed by atoms with van der Waals surface area (Å²) in [5.41, 5.74) is 6.02. The van der Waals surface area contributed by atoms with Crippen LogP contribution in [0.15, 0.2) is 18.2 Å². The largest absolute Gasteiger partial charge is 0.488 e. The number of nitrogens with two attached hydrogens (primary N) is 1. The highest BCUT2D eigenvalue weighted by atomic mass is 19.4. The van der Waals surface area contributed by atoms with Crippen LogP contribution in [0.4, 0.5) is 17.6 Å². The van der Waals surface area contributed by atoms with E-state index in [1.54, 1.807) is 0 Å². The summed E-state index contributed by atoms with van der Waals surface area (Å²) in [5, 5.41) is 0. The molecule has 1 unspecified atom stereocenters. The SMILES string of the molecule is NCCN(CC1Cc2cc(F)ccc2O1)CC(F)(F)F. The highest BCUT2D eigenvalue weighted by molar-refractivity contribution is 5.37. The summed E-state index contributed by atoms with van der Waals surface area (Å²) in [7, 11) is 0. The summed E-state index contributed by atoms with van der Waals surface area (Å²) in [6, 6.07) is 4.13. The standard InChI is InChI=1S/C13H16F4N2O/c14-10-1-2-12-9(5-10)6-11(20-12)7-19(4-3-18)8-13(15,16)17/h1-2,5,11H,3-4,6-8,18H2. The van der Waals surface area contributed by atoms with Crippen molar-refractivity contribution in [3.63, 3.8) is 0 Å². The summed E-state index contributed by atoms with van der Waals surface area (Å²) in [6.07, 6.45) is -4.26. The van der Waals surface area contributed by atoms with Gasteiger partial charge in [-0.1, -0.05) is 0 Å². The van der Waals surface area contributed by atoms with Gasteiger partial charge in [-0.25, -0.2) is 4.39 Å². The summed E-state index contributed by atoms with van der Waals surface area (Å²) in [4.78, 5) is 1.22. The molecule has 0 saturated heterocycles. The van der Waals surface area contributed by atoms with Crippen molar-refractivity contribution >= 4 is 0 Å². The number of rotatable bonds is 5. The zero-order valence-corrected chi connectivity index (χ0v) is 10.8. The van der Waals surface area contributed by atoms with Crippen LogP contribution in [0.2, 0.25) is 0 Å². The number of alkyl halides is 3. The Kier molecular flexibility index (Phi) is 4.49. The first-order chi connectivity index (χ1) is 9.37. The van der Waals surface area contributed by atoms with Crippen LogP contribution in [0.1, 0.15) is 5.56 Å². The number of nitrogens with zero attached hydrogens (tertiary/aromatic N) is 1. The van der Waals surface area contributed by atoms with Crippen LogP contribution in [0.5, 0.6) is 5.75 Å². The van der Waals surface area contributed by atoms with Crippen molar-refractivity contribution < 1.29 is 22.3 Å². The van der Waals surface area contributed by atoms with Crippen molar-refractivity contribution in [1.29, 1.82) is 0 Å². The molecule has 7 heteroatoms. The third-order valence-electron chi connectivity index (χ3n) is 3.07. The molecule has 0 spiro atoms. The van der Waals surface area contributed by atoms with Crippen LogP contribution < -0.4 is 10.5 Å². The Balaban J connectivity index is 1.96. The fourth-order valence-corrected chi connectivity index (χ4v) is 2.35. The molecule has 0 aliphatic carbocycles. The second-order valence-corrected chi connectivity index (χ2v) is 4.83. The third kappa shape index (κ3) is 4.08. The van der Waals surface area contributed by atoms with Crippen molar-refractivity contribution in [3.8, 4) is 5.75 Å². The average molecular weight is 292 g/mol. The van der Waals surface area contributed by atoms with Crippen molar-refractivity contribution in [2.45, 2.75) is 18.7 Å². The lowest BCUT2D eigenvalue weighted by Gasteiger charge is -2.25. The first-order valence-corrected chi connectivity index (χ1v) is 6.31. The zero-order chi connectivity index (χ0) is 14.8. The number of benzene rings is 1. The van der Waals surface area contributed by atoms with Crippen molar-refractivity contribution in [1.82, 2.24) is 4.90 Å². The molecule has 20 heavy (non-hydrogen) atoms. The van der Waals surface area contributed by atoms with Crippen LogP contribution in [0.25, 0.3) is 0 Å². The molecule has 1 aliphatic rings. The van der Waals surface area contributed by atoms with E-state index in [4.69, 9.17) is 10.5 Å². The van der Waals surface area contributed by atoms with E-state index in [0.29, 0.717) is 17.7 Å². The van der Waals surface area contributed by atoms with E-state index in [1.807, 2.05) is 0 Å². The fraction of sp³-hybridized carbons (Fsp3) is 0.538.